The molecular weight excluding hydrogens is 431 g/mol. The molecule has 1 aromatic rings. The van der Waals surface area contributed by atoms with Crippen LogP contribution in [0.1, 0.15) is 54.4 Å². The number of aliphatic carboxylic acids is 1. The molecule has 3 heterocycles. The van der Waals surface area contributed by atoms with E-state index in [2.05, 4.69) is 16.3 Å². The van der Waals surface area contributed by atoms with Crippen LogP contribution in [0.2, 0.25) is 0 Å². The molecule has 174 valence electrons. The third-order valence-corrected chi connectivity index (χ3v) is 5.72. The van der Waals surface area contributed by atoms with E-state index in [0.717, 1.165) is 18.7 Å². The fourth-order valence-electron chi connectivity index (χ4n) is 4.09. The highest BCUT2D eigenvalue weighted by Crippen LogP contribution is 2.31. The van der Waals surface area contributed by atoms with Crippen molar-refractivity contribution in [2.75, 3.05) is 18.0 Å². The fourth-order valence-corrected chi connectivity index (χ4v) is 4.09. The minimum atomic E-state index is -5.08. The lowest BCUT2D eigenvalue weighted by molar-refractivity contribution is -0.192. The van der Waals surface area contributed by atoms with Gasteiger partial charge < -0.3 is 14.9 Å². The normalized spacial score (nSPS) is 21.3. The summed E-state index contributed by atoms with van der Waals surface area (Å²) in [5.41, 5.74) is 2.83. The Morgan fingerprint density at radius 3 is 2.25 bits per heavy atom. The Balaban J connectivity index is 0.000000360. The molecule has 4 rings (SSSR count). The second-order valence-electron chi connectivity index (χ2n) is 7.95. The van der Waals surface area contributed by atoms with Crippen molar-refractivity contribution >= 4 is 29.4 Å². The summed E-state index contributed by atoms with van der Waals surface area (Å²) < 4.78 is 31.7. The lowest BCUT2D eigenvalue weighted by atomic mass is 10.0. The Hall–Kier alpha value is -3.11. The number of anilines is 1. The average molecular weight is 455 g/mol. The molecule has 1 aromatic carbocycles. The average Bonchev–Trinajstić information content (AvgIpc) is 2.89. The van der Waals surface area contributed by atoms with E-state index in [4.69, 9.17) is 9.90 Å². The maximum Gasteiger partial charge on any atom is 0.490 e. The predicted octanol–water partition coefficient (Wildman–Crippen LogP) is 2.46. The van der Waals surface area contributed by atoms with Gasteiger partial charge in [-0.2, -0.15) is 13.2 Å². The highest BCUT2D eigenvalue weighted by atomic mass is 19.4. The summed E-state index contributed by atoms with van der Waals surface area (Å²) >= 11 is 0. The first-order chi connectivity index (χ1) is 15.1. The van der Waals surface area contributed by atoms with Crippen molar-refractivity contribution in [3.05, 3.63) is 29.3 Å². The Bertz CT molecular complexity index is 910. The zero-order valence-corrected chi connectivity index (χ0v) is 17.3. The molecule has 11 heteroatoms. The topological polar surface area (TPSA) is 107 Å². The minimum Gasteiger partial charge on any atom is -0.475 e. The second-order valence-corrected chi connectivity index (χ2v) is 7.95. The molecule has 0 bridgehead atoms. The van der Waals surface area contributed by atoms with Crippen LogP contribution in [0.5, 0.6) is 0 Å². The van der Waals surface area contributed by atoms with Crippen molar-refractivity contribution in [3.8, 4) is 0 Å². The van der Waals surface area contributed by atoms with Crippen molar-refractivity contribution in [3.63, 3.8) is 0 Å². The van der Waals surface area contributed by atoms with E-state index >= 15 is 0 Å². The molecule has 1 atom stereocenters. The van der Waals surface area contributed by atoms with Crippen LogP contribution in [-0.2, 0) is 20.9 Å². The summed E-state index contributed by atoms with van der Waals surface area (Å²) in [5, 5.41) is 9.47. The van der Waals surface area contributed by atoms with E-state index < -0.39 is 18.2 Å². The van der Waals surface area contributed by atoms with E-state index in [1.165, 1.54) is 31.4 Å². The van der Waals surface area contributed by atoms with E-state index in [0.29, 0.717) is 18.5 Å². The molecule has 3 aliphatic heterocycles. The minimum absolute atomic E-state index is 0.105. The van der Waals surface area contributed by atoms with Gasteiger partial charge in [-0.25, -0.2) is 4.79 Å². The third kappa shape index (κ3) is 5.38. The number of imide groups is 1. The summed E-state index contributed by atoms with van der Waals surface area (Å²) in [6.45, 7) is 2.56. The van der Waals surface area contributed by atoms with Gasteiger partial charge in [-0.05, 0) is 43.0 Å². The summed E-state index contributed by atoms with van der Waals surface area (Å²) in [4.78, 5) is 49.1. The molecule has 2 saturated heterocycles. The van der Waals surface area contributed by atoms with Crippen LogP contribution in [0, 0.1) is 0 Å². The van der Waals surface area contributed by atoms with E-state index in [1.807, 2.05) is 12.1 Å². The van der Waals surface area contributed by atoms with Gasteiger partial charge in [-0.1, -0.05) is 12.8 Å². The number of piperidine rings is 1. The fraction of sp³-hybridized carbons (Fsp3) is 0.524. The zero-order chi connectivity index (χ0) is 23.5. The van der Waals surface area contributed by atoms with Gasteiger partial charge in [0.1, 0.15) is 6.04 Å². The highest BCUT2D eigenvalue weighted by molar-refractivity contribution is 6.05. The zero-order valence-electron chi connectivity index (χ0n) is 17.3. The molecule has 0 radical (unpaired) electrons. The van der Waals surface area contributed by atoms with E-state index in [9.17, 15) is 27.6 Å². The number of hydrogen-bond acceptors (Lipinski definition) is 5. The van der Waals surface area contributed by atoms with Crippen molar-refractivity contribution in [1.29, 1.82) is 0 Å². The number of rotatable bonds is 2. The summed E-state index contributed by atoms with van der Waals surface area (Å²) in [6, 6.07) is 5.48. The van der Waals surface area contributed by atoms with Crippen LogP contribution < -0.4 is 10.2 Å². The number of alkyl halides is 3. The maximum absolute atomic E-state index is 12.7. The quantitative estimate of drug-likeness (QED) is 0.664. The SMILES string of the molecule is O=C(O)C(F)(F)F.O=C1CCC(N2Cc3cc(N4CCCCCC4)ccc3C2=O)C(=O)N1. The number of carboxylic acids is 1. The monoisotopic (exact) mass is 455 g/mol. The first-order valence-electron chi connectivity index (χ1n) is 10.4. The molecule has 0 spiro atoms. The second kappa shape index (κ2) is 9.58. The highest BCUT2D eigenvalue weighted by Gasteiger charge is 2.39. The van der Waals surface area contributed by atoms with Crippen molar-refractivity contribution in [2.24, 2.45) is 0 Å². The van der Waals surface area contributed by atoms with Gasteiger partial charge in [0.25, 0.3) is 5.91 Å². The Labute approximate surface area is 182 Å². The van der Waals surface area contributed by atoms with Crippen LogP contribution >= 0.6 is 0 Å². The summed E-state index contributed by atoms with van der Waals surface area (Å²) in [5.74, 6) is -3.47. The van der Waals surface area contributed by atoms with E-state index in [1.54, 1.807) is 4.90 Å². The standard InChI is InChI=1S/C19H23N3O3.C2HF3O2/c23-17-8-7-16(18(24)20-17)22-12-13-11-14(5-6-15(13)19(22)25)21-9-3-1-2-4-10-21;3-2(4,5)1(6)7/h5-6,11,16H,1-4,7-10,12H2,(H,20,23,24);(H,6,7). The lowest BCUT2D eigenvalue weighted by Gasteiger charge is -2.29. The van der Waals surface area contributed by atoms with Crippen LogP contribution in [0.3, 0.4) is 0 Å². The predicted molar refractivity (Wildman–Crippen MR) is 107 cm³/mol. The summed E-state index contributed by atoms with van der Waals surface area (Å²) in [6.07, 6.45) is 0.586. The number of carboxylic acid groups (broad SMARTS) is 1. The van der Waals surface area contributed by atoms with Crippen LogP contribution in [0.4, 0.5) is 18.9 Å². The van der Waals surface area contributed by atoms with Crippen LogP contribution in [-0.4, -0.2) is 59.0 Å². The number of nitrogens with one attached hydrogen (secondary N) is 1. The number of amides is 3. The third-order valence-electron chi connectivity index (χ3n) is 5.72. The van der Waals surface area contributed by atoms with E-state index in [-0.39, 0.29) is 24.1 Å². The number of halogens is 3. The molecule has 2 fully saturated rings. The molecule has 32 heavy (non-hydrogen) atoms. The summed E-state index contributed by atoms with van der Waals surface area (Å²) in [7, 11) is 0. The van der Waals surface area contributed by atoms with Crippen LogP contribution in [0.25, 0.3) is 0 Å². The molecule has 0 aromatic heterocycles. The Kier molecular flexibility index (Phi) is 7.05. The van der Waals surface area contributed by atoms with Gasteiger partial charge >= 0.3 is 12.1 Å². The Morgan fingerprint density at radius 1 is 1.06 bits per heavy atom. The number of carbonyl (C=O) groups excluding carboxylic acids is 3. The molecule has 0 aliphatic carbocycles. The first-order valence-corrected chi connectivity index (χ1v) is 10.4. The van der Waals surface area contributed by atoms with Crippen LogP contribution in [0.15, 0.2) is 18.2 Å². The van der Waals surface area contributed by atoms with Crippen molar-refractivity contribution in [1.82, 2.24) is 10.2 Å². The first kappa shape index (κ1) is 23.6. The molecular formula is C21H24F3N3O5. The lowest BCUT2D eigenvalue weighted by Crippen LogP contribution is -2.52. The van der Waals surface area contributed by atoms with Gasteiger partial charge in [0, 0.05) is 37.3 Å². The van der Waals surface area contributed by atoms with Gasteiger partial charge in [0.15, 0.2) is 0 Å². The molecule has 8 nitrogen and oxygen atoms in total. The maximum atomic E-state index is 12.7. The number of hydrogen-bond donors (Lipinski definition) is 2. The number of benzene rings is 1. The molecule has 1 unspecified atom stereocenters. The van der Waals surface area contributed by atoms with Gasteiger partial charge in [-0.3, -0.25) is 19.7 Å². The van der Waals surface area contributed by atoms with Gasteiger partial charge in [0.05, 0.1) is 0 Å². The van der Waals surface area contributed by atoms with Gasteiger partial charge in [0.2, 0.25) is 11.8 Å². The van der Waals surface area contributed by atoms with Crippen molar-refractivity contribution < 1.29 is 37.5 Å². The van der Waals surface area contributed by atoms with Gasteiger partial charge in [-0.15, -0.1) is 0 Å². The molecule has 3 amide bonds. The molecule has 0 saturated carbocycles. The largest absolute Gasteiger partial charge is 0.490 e. The Morgan fingerprint density at radius 2 is 1.69 bits per heavy atom. The number of nitrogens with zero attached hydrogens (tertiary/aromatic N) is 2. The smallest absolute Gasteiger partial charge is 0.475 e. The molecule has 2 N–H and O–H groups in total. The number of carbonyl (C=O) groups is 4. The van der Waals surface area contributed by atoms with Crippen molar-refractivity contribution in [2.45, 2.75) is 57.3 Å². The number of fused-ring (bicyclic) bond motifs is 1. The molecule has 3 aliphatic rings.